The van der Waals surface area contributed by atoms with Crippen molar-refractivity contribution in [2.45, 2.75) is 19.9 Å². The summed E-state index contributed by atoms with van der Waals surface area (Å²) in [5, 5.41) is 4.19. The Morgan fingerprint density at radius 1 is 1.29 bits per heavy atom. The minimum absolute atomic E-state index is 0.737. The zero-order valence-electron chi connectivity index (χ0n) is 11.3. The molecule has 2 N–H and O–H groups in total. The molecule has 0 atom stereocenters. The first-order valence-corrected chi connectivity index (χ1v) is 6.27. The molecular formula is C12H25N5. The molecule has 0 bridgehead atoms. The molecule has 0 amide bonds. The van der Waals surface area contributed by atoms with E-state index in [0.29, 0.717) is 0 Å². The summed E-state index contributed by atoms with van der Waals surface area (Å²) in [5.74, 6) is 0. The molecule has 5 nitrogen and oxygen atoms in total. The predicted molar refractivity (Wildman–Crippen MR) is 71.9 cm³/mol. The number of likely N-dealkylation sites (N-methyl/N-ethyl adjacent to an activating group) is 1. The molecular weight excluding hydrogens is 214 g/mol. The zero-order valence-corrected chi connectivity index (χ0v) is 11.3. The smallest absolute Gasteiger partial charge is 0.0719 e. The molecule has 0 spiro atoms. The van der Waals surface area contributed by atoms with E-state index in [1.54, 1.807) is 6.20 Å². The molecule has 17 heavy (non-hydrogen) atoms. The average molecular weight is 239 g/mol. The van der Waals surface area contributed by atoms with Crippen molar-refractivity contribution in [3.8, 4) is 0 Å². The van der Waals surface area contributed by atoms with Crippen LogP contribution in [0.4, 0.5) is 5.69 Å². The number of nitrogens with zero attached hydrogens (tertiary/aromatic N) is 4. The SMILES string of the molecule is CCN(CCCN(C)C)CCn1cc(N)cn1. The largest absolute Gasteiger partial charge is 0.396 e. The van der Waals surface area contributed by atoms with Gasteiger partial charge in [0.15, 0.2) is 0 Å². The highest BCUT2D eigenvalue weighted by Gasteiger charge is 2.03. The van der Waals surface area contributed by atoms with E-state index in [1.807, 2.05) is 10.9 Å². The van der Waals surface area contributed by atoms with Crippen molar-refractivity contribution >= 4 is 5.69 Å². The Morgan fingerprint density at radius 2 is 2.06 bits per heavy atom. The van der Waals surface area contributed by atoms with E-state index in [1.165, 1.54) is 6.42 Å². The van der Waals surface area contributed by atoms with E-state index in [2.05, 4.69) is 35.9 Å². The zero-order chi connectivity index (χ0) is 12.7. The number of hydrogen-bond donors (Lipinski definition) is 1. The number of rotatable bonds is 8. The van der Waals surface area contributed by atoms with Crippen LogP contribution in [0.25, 0.3) is 0 Å². The highest BCUT2D eigenvalue weighted by atomic mass is 15.3. The second kappa shape index (κ2) is 7.29. The van der Waals surface area contributed by atoms with Gasteiger partial charge in [-0.1, -0.05) is 6.92 Å². The lowest BCUT2D eigenvalue weighted by molar-refractivity contribution is 0.253. The lowest BCUT2D eigenvalue weighted by Gasteiger charge is -2.21. The van der Waals surface area contributed by atoms with Crippen molar-refractivity contribution < 1.29 is 0 Å². The Labute approximate surface area is 104 Å². The quantitative estimate of drug-likeness (QED) is 0.727. The summed E-state index contributed by atoms with van der Waals surface area (Å²) in [6.07, 6.45) is 4.79. The molecule has 0 saturated carbocycles. The fourth-order valence-electron chi connectivity index (χ4n) is 1.78. The van der Waals surface area contributed by atoms with E-state index in [9.17, 15) is 0 Å². The van der Waals surface area contributed by atoms with Gasteiger partial charge in [-0.25, -0.2) is 0 Å². The molecule has 0 saturated heterocycles. The molecule has 1 aromatic rings. The van der Waals surface area contributed by atoms with Crippen molar-refractivity contribution in [2.24, 2.45) is 0 Å². The first-order chi connectivity index (χ1) is 8.11. The third-order valence-corrected chi connectivity index (χ3v) is 2.83. The van der Waals surface area contributed by atoms with Gasteiger partial charge in [0.2, 0.25) is 0 Å². The Hall–Kier alpha value is -1.07. The van der Waals surface area contributed by atoms with Crippen LogP contribution >= 0.6 is 0 Å². The van der Waals surface area contributed by atoms with E-state index in [0.717, 1.165) is 38.4 Å². The standard InChI is InChI=1S/C12H25N5/c1-4-16(7-5-6-15(2)3)8-9-17-11-12(13)10-14-17/h10-11H,4-9,13H2,1-3H3. The summed E-state index contributed by atoms with van der Waals surface area (Å²) in [7, 11) is 4.23. The Balaban J connectivity index is 2.22. The van der Waals surface area contributed by atoms with Crippen LogP contribution in [-0.2, 0) is 6.54 Å². The number of nitrogen functional groups attached to an aromatic ring is 1. The van der Waals surface area contributed by atoms with Crippen LogP contribution in [-0.4, -0.2) is 59.9 Å². The molecule has 5 heteroatoms. The number of hydrogen-bond acceptors (Lipinski definition) is 4. The summed E-state index contributed by atoms with van der Waals surface area (Å²) in [4.78, 5) is 4.67. The second-order valence-corrected chi connectivity index (χ2v) is 4.63. The fourth-order valence-corrected chi connectivity index (χ4v) is 1.78. The minimum atomic E-state index is 0.737. The van der Waals surface area contributed by atoms with Gasteiger partial charge in [0.25, 0.3) is 0 Å². The Bertz CT molecular complexity index is 308. The molecule has 0 unspecified atom stereocenters. The van der Waals surface area contributed by atoms with Crippen LogP contribution in [0.15, 0.2) is 12.4 Å². The van der Waals surface area contributed by atoms with Crippen molar-refractivity contribution in [1.29, 1.82) is 0 Å². The highest BCUT2D eigenvalue weighted by Crippen LogP contribution is 1.99. The van der Waals surface area contributed by atoms with Gasteiger partial charge in [0.1, 0.15) is 0 Å². The molecule has 0 aliphatic carbocycles. The van der Waals surface area contributed by atoms with Crippen molar-refractivity contribution in [2.75, 3.05) is 46.0 Å². The van der Waals surface area contributed by atoms with Crippen LogP contribution in [0.3, 0.4) is 0 Å². The van der Waals surface area contributed by atoms with Gasteiger partial charge in [0, 0.05) is 12.7 Å². The molecule has 0 aromatic carbocycles. The number of anilines is 1. The maximum atomic E-state index is 5.63. The summed E-state index contributed by atoms with van der Waals surface area (Å²) in [6.45, 7) is 7.52. The van der Waals surface area contributed by atoms with Gasteiger partial charge >= 0.3 is 0 Å². The highest BCUT2D eigenvalue weighted by molar-refractivity contribution is 5.30. The van der Waals surface area contributed by atoms with Crippen molar-refractivity contribution in [3.05, 3.63) is 12.4 Å². The summed E-state index contributed by atoms with van der Waals surface area (Å²) in [6, 6.07) is 0. The topological polar surface area (TPSA) is 50.3 Å². The first kappa shape index (κ1) is 14.0. The van der Waals surface area contributed by atoms with Gasteiger partial charge in [0.05, 0.1) is 18.4 Å². The van der Waals surface area contributed by atoms with Crippen LogP contribution in [0, 0.1) is 0 Å². The molecule has 1 aromatic heterocycles. The lowest BCUT2D eigenvalue weighted by atomic mass is 10.3. The fraction of sp³-hybridized carbons (Fsp3) is 0.750. The van der Waals surface area contributed by atoms with E-state index in [4.69, 9.17) is 5.73 Å². The third kappa shape index (κ3) is 5.70. The molecule has 0 fully saturated rings. The second-order valence-electron chi connectivity index (χ2n) is 4.63. The summed E-state index contributed by atoms with van der Waals surface area (Å²) < 4.78 is 1.91. The van der Waals surface area contributed by atoms with Crippen LogP contribution in [0.1, 0.15) is 13.3 Å². The maximum Gasteiger partial charge on any atom is 0.0719 e. The molecule has 0 aliphatic rings. The maximum absolute atomic E-state index is 5.63. The molecule has 0 radical (unpaired) electrons. The van der Waals surface area contributed by atoms with Crippen molar-refractivity contribution in [3.63, 3.8) is 0 Å². The number of nitrogens with two attached hydrogens (primary N) is 1. The predicted octanol–water partition coefficient (Wildman–Crippen LogP) is 0.739. The Kier molecular flexibility index (Phi) is 6.00. The van der Waals surface area contributed by atoms with Gasteiger partial charge in [-0.2, -0.15) is 5.10 Å². The summed E-state index contributed by atoms with van der Waals surface area (Å²) >= 11 is 0. The number of aromatic nitrogens is 2. The Morgan fingerprint density at radius 3 is 2.59 bits per heavy atom. The van der Waals surface area contributed by atoms with Gasteiger partial charge in [-0.05, 0) is 40.2 Å². The molecule has 0 aliphatic heterocycles. The summed E-state index contributed by atoms with van der Waals surface area (Å²) in [5.41, 5.74) is 6.37. The monoisotopic (exact) mass is 239 g/mol. The lowest BCUT2D eigenvalue weighted by Crippen LogP contribution is -2.30. The van der Waals surface area contributed by atoms with E-state index < -0.39 is 0 Å². The van der Waals surface area contributed by atoms with Gasteiger partial charge < -0.3 is 15.5 Å². The van der Waals surface area contributed by atoms with Gasteiger partial charge in [-0.3, -0.25) is 4.68 Å². The molecule has 1 heterocycles. The van der Waals surface area contributed by atoms with Crippen LogP contribution in [0.2, 0.25) is 0 Å². The van der Waals surface area contributed by atoms with E-state index >= 15 is 0 Å². The van der Waals surface area contributed by atoms with Crippen molar-refractivity contribution in [1.82, 2.24) is 19.6 Å². The van der Waals surface area contributed by atoms with Gasteiger partial charge in [-0.15, -0.1) is 0 Å². The molecule has 1 rings (SSSR count). The van der Waals surface area contributed by atoms with Crippen LogP contribution < -0.4 is 5.73 Å². The third-order valence-electron chi connectivity index (χ3n) is 2.83. The first-order valence-electron chi connectivity index (χ1n) is 6.27. The van der Waals surface area contributed by atoms with E-state index in [-0.39, 0.29) is 0 Å². The molecule has 98 valence electrons. The average Bonchev–Trinajstić information content (AvgIpc) is 2.69. The normalized spacial score (nSPS) is 11.6. The minimum Gasteiger partial charge on any atom is -0.396 e. The van der Waals surface area contributed by atoms with Crippen LogP contribution in [0.5, 0.6) is 0 Å².